The quantitative estimate of drug-likeness (QED) is 0.690. The van der Waals surface area contributed by atoms with Crippen molar-refractivity contribution >= 4 is 17.6 Å². The Kier molecular flexibility index (Phi) is 2.69. The molecule has 0 spiro atoms. The summed E-state index contributed by atoms with van der Waals surface area (Å²) in [6.45, 7) is 1.86. The van der Waals surface area contributed by atoms with Crippen molar-refractivity contribution in [3.05, 3.63) is 16.7 Å². The van der Waals surface area contributed by atoms with E-state index in [1.807, 2.05) is 11.5 Å². The molecular weight excluding hydrogens is 216 g/mol. The fourth-order valence-electron chi connectivity index (χ4n) is 2.14. The Morgan fingerprint density at radius 3 is 3.07 bits per heavy atom. The van der Waals surface area contributed by atoms with Crippen LogP contribution >= 0.6 is 11.6 Å². The molecule has 82 valence electrons. The van der Waals surface area contributed by atoms with Crippen molar-refractivity contribution in [2.45, 2.75) is 32.2 Å². The number of carbonyl (C=O) groups excluding carboxylic acids is 1. The first kappa shape index (κ1) is 10.5. The summed E-state index contributed by atoms with van der Waals surface area (Å²) in [6, 6.07) is -0.251. The Morgan fingerprint density at radius 1 is 1.67 bits per heavy atom. The van der Waals surface area contributed by atoms with Crippen LogP contribution in [-0.4, -0.2) is 22.6 Å². The summed E-state index contributed by atoms with van der Waals surface area (Å²) < 4.78 is 6.68. The molecule has 0 amide bonds. The molecule has 0 bridgehead atoms. The molecule has 2 heterocycles. The summed E-state index contributed by atoms with van der Waals surface area (Å²) in [5.74, 6) is 0.568. The zero-order valence-electron chi connectivity index (χ0n) is 8.79. The third-order valence-corrected chi connectivity index (χ3v) is 3.12. The van der Waals surface area contributed by atoms with Gasteiger partial charge in [0.05, 0.1) is 12.8 Å². The maximum absolute atomic E-state index is 11.6. The second kappa shape index (κ2) is 3.85. The lowest BCUT2D eigenvalue weighted by Gasteiger charge is -2.24. The van der Waals surface area contributed by atoms with E-state index < -0.39 is 0 Å². The van der Waals surface area contributed by atoms with E-state index in [1.165, 1.54) is 7.11 Å². The van der Waals surface area contributed by atoms with E-state index in [0.29, 0.717) is 5.15 Å². The SMILES string of the molecule is COC(=O)C1CCCc2c(Cl)nc(C)n21. The zero-order chi connectivity index (χ0) is 11.0. The zero-order valence-corrected chi connectivity index (χ0v) is 9.54. The van der Waals surface area contributed by atoms with Crippen LogP contribution in [0.5, 0.6) is 0 Å². The van der Waals surface area contributed by atoms with Gasteiger partial charge in [0.2, 0.25) is 0 Å². The molecule has 0 N–H and O–H groups in total. The Bertz CT molecular complexity index is 400. The molecule has 0 aliphatic carbocycles. The molecule has 0 radical (unpaired) electrons. The van der Waals surface area contributed by atoms with Gasteiger partial charge in [0.15, 0.2) is 5.15 Å². The highest BCUT2D eigenvalue weighted by molar-refractivity contribution is 6.30. The average Bonchev–Trinajstić information content (AvgIpc) is 2.54. The summed E-state index contributed by atoms with van der Waals surface area (Å²) in [4.78, 5) is 15.8. The molecule has 4 nitrogen and oxygen atoms in total. The van der Waals surface area contributed by atoms with E-state index in [0.717, 1.165) is 30.8 Å². The fourth-order valence-corrected chi connectivity index (χ4v) is 2.45. The molecule has 1 atom stereocenters. The second-order valence-electron chi connectivity index (χ2n) is 3.70. The first-order chi connectivity index (χ1) is 7.15. The lowest BCUT2D eigenvalue weighted by Crippen LogP contribution is -2.26. The van der Waals surface area contributed by atoms with E-state index in [2.05, 4.69) is 4.98 Å². The van der Waals surface area contributed by atoms with Crippen LogP contribution < -0.4 is 0 Å². The van der Waals surface area contributed by atoms with E-state index in [9.17, 15) is 4.79 Å². The first-order valence-corrected chi connectivity index (χ1v) is 5.34. The third-order valence-electron chi connectivity index (χ3n) is 2.81. The molecule has 1 aliphatic rings. The number of carbonyl (C=O) groups is 1. The van der Waals surface area contributed by atoms with Gasteiger partial charge in [-0.15, -0.1) is 0 Å². The smallest absolute Gasteiger partial charge is 0.328 e. The predicted octanol–water partition coefficient (Wildman–Crippen LogP) is 1.90. The van der Waals surface area contributed by atoms with Crippen LogP contribution in [0.15, 0.2) is 0 Å². The number of rotatable bonds is 1. The molecule has 2 rings (SSSR count). The second-order valence-corrected chi connectivity index (χ2v) is 4.06. The van der Waals surface area contributed by atoms with Crippen LogP contribution in [-0.2, 0) is 16.0 Å². The summed E-state index contributed by atoms with van der Waals surface area (Å²) in [5, 5.41) is 0.515. The normalized spacial score (nSPS) is 19.8. The van der Waals surface area contributed by atoms with Gasteiger partial charge in [0, 0.05) is 0 Å². The highest BCUT2D eigenvalue weighted by atomic mass is 35.5. The molecule has 15 heavy (non-hydrogen) atoms. The first-order valence-electron chi connectivity index (χ1n) is 4.96. The maximum Gasteiger partial charge on any atom is 0.328 e. The summed E-state index contributed by atoms with van der Waals surface area (Å²) in [5.41, 5.74) is 0.954. The van der Waals surface area contributed by atoms with Crippen molar-refractivity contribution in [2.24, 2.45) is 0 Å². The molecular formula is C10H13ClN2O2. The Hall–Kier alpha value is -1.03. The van der Waals surface area contributed by atoms with Gasteiger partial charge in [-0.1, -0.05) is 11.6 Å². The maximum atomic E-state index is 11.6. The minimum Gasteiger partial charge on any atom is -0.467 e. The minimum atomic E-state index is -0.251. The third kappa shape index (κ3) is 1.63. The number of imidazole rings is 1. The summed E-state index contributed by atoms with van der Waals surface area (Å²) in [7, 11) is 1.41. The van der Waals surface area contributed by atoms with Crippen LogP contribution in [0.3, 0.4) is 0 Å². The highest BCUT2D eigenvalue weighted by Crippen LogP contribution is 2.31. The van der Waals surface area contributed by atoms with Gasteiger partial charge in [-0.05, 0) is 26.2 Å². The van der Waals surface area contributed by atoms with Crippen LogP contribution in [0.4, 0.5) is 0 Å². The molecule has 0 saturated heterocycles. The van der Waals surface area contributed by atoms with Crippen molar-refractivity contribution in [3.63, 3.8) is 0 Å². The molecule has 0 aromatic carbocycles. The fraction of sp³-hybridized carbons (Fsp3) is 0.600. The molecule has 5 heteroatoms. The number of fused-ring (bicyclic) bond motifs is 1. The number of esters is 1. The molecule has 1 aromatic heterocycles. The Balaban J connectivity index is 2.46. The number of methoxy groups -OCH3 is 1. The Morgan fingerprint density at radius 2 is 2.40 bits per heavy atom. The molecule has 0 saturated carbocycles. The van der Waals surface area contributed by atoms with E-state index in [1.54, 1.807) is 0 Å². The Labute approximate surface area is 93.2 Å². The lowest BCUT2D eigenvalue weighted by molar-refractivity contribution is -0.145. The number of aromatic nitrogens is 2. The number of halogens is 1. The predicted molar refractivity (Wildman–Crippen MR) is 56.0 cm³/mol. The van der Waals surface area contributed by atoms with Gasteiger partial charge in [0.1, 0.15) is 11.9 Å². The van der Waals surface area contributed by atoms with E-state index >= 15 is 0 Å². The van der Waals surface area contributed by atoms with Crippen LogP contribution in [0.2, 0.25) is 5.15 Å². The number of ether oxygens (including phenoxy) is 1. The topological polar surface area (TPSA) is 44.1 Å². The van der Waals surface area contributed by atoms with Crippen molar-refractivity contribution in [1.82, 2.24) is 9.55 Å². The van der Waals surface area contributed by atoms with Gasteiger partial charge >= 0.3 is 5.97 Å². The molecule has 1 aliphatic heterocycles. The van der Waals surface area contributed by atoms with Gasteiger partial charge in [-0.25, -0.2) is 9.78 Å². The highest BCUT2D eigenvalue weighted by Gasteiger charge is 2.30. The number of hydrogen-bond donors (Lipinski definition) is 0. The monoisotopic (exact) mass is 228 g/mol. The lowest BCUT2D eigenvalue weighted by atomic mass is 10.0. The molecule has 1 aromatic rings. The van der Waals surface area contributed by atoms with E-state index in [4.69, 9.17) is 16.3 Å². The summed E-state index contributed by atoms with van der Waals surface area (Å²) >= 11 is 5.99. The number of hydrogen-bond acceptors (Lipinski definition) is 3. The minimum absolute atomic E-state index is 0.215. The number of nitrogens with zero attached hydrogens (tertiary/aromatic N) is 2. The number of aryl methyl sites for hydroxylation is 1. The molecule has 0 fully saturated rings. The van der Waals surface area contributed by atoms with Gasteiger partial charge in [0.25, 0.3) is 0 Å². The van der Waals surface area contributed by atoms with Crippen LogP contribution in [0.1, 0.15) is 30.4 Å². The van der Waals surface area contributed by atoms with Gasteiger partial charge in [-0.3, -0.25) is 0 Å². The van der Waals surface area contributed by atoms with Gasteiger partial charge < -0.3 is 9.30 Å². The largest absolute Gasteiger partial charge is 0.467 e. The van der Waals surface area contributed by atoms with Crippen molar-refractivity contribution in [1.29, 1.82) is 0 Å². The van der Waals surface area contributed by atoms with Gasteiger partial charge in [-0.2, -0.15) is 0 Å². The summed E-state index contributed by atoms with van der Waals surface area (Å²) in [6.07, 6.45) is 2.63. The van der Waals surface area contributed by atoms with Crippen molar-refractivity contribution in [3.8, 4) is 0 Å². The van der Waals surface area contributed by atoms with Crippen molar-refractivity contribution < 1.29 is 9.53 Å². The standard InChI is InChI=1S/C10H13ClN2O2/c1-6-12-9(11)7-4-3-5-8(13(6)7)10(14)15-2/h8H,3-5H2,1-2H3. The average molecular weight is 229 g/mol. The van der Waals surface area contributed by atoms with Crippen LogP contribution in [0, 0.1) is 6.92 Å². The van der Waals surface area contributed by atoms with Crippen molar-refractivity contribution in [2.75, 3.05) is 7.11 Å². The van der Waals surface area contributed by atoms with Crippen LogP contribution in [0.25, 0.3) is 0 Å². The van der Waals surface area contributed by atoms with E-state index in [-0.39, 0.29) is 12.0 Å². The molecule has 1 unspecified atom stereocenters.